The van der Waals surface area contributed by atoms with E-state index in [1.165, 1.54) is 24.9 Å². The van der Waals surface area contributed by atoms with Gasteiger partial charge in [0, 0.05) is 36.9 Å². The van der Waals surface area contributed by atoms with Crippen LogP contribution in [0.2, 0.25) is 0 Å². The number of ether oxygens (including phenoxy) is 1. The molecule has 3 nitrogen and oxygen atoms in total. The predicted octanol–water partition coefficient (Wildman–Crippen LogP) is 2.66. The van der Waals surface area contributed by atoms with Gasteiger partial charge in [-0.15, -0.1) is 0 Å². The lowest BCUT2D eigenvalue weighted by Gasteiger charge is -2.38. The third kappa shape index (κ3) is 3.21. The molecule has 2 atom stereocenters. The average Bonchev–Trinajstić information content (AvgIpc) is 3.22. The quantitative estimate of drug-likeness (QED) is 0.901. The Morgan fingerprint density at radius 1 is 1.21 bits per heavy atom. The van der Waals surface area contributed by atoms with Crippen LogP contribution in [0.1, 0.15) is 26.2 Å². The van der Waals surface area contributed by atoms with Crippen molar-refractivity contribution < 1.29 is 4.74 Å². The highest BCUT2D eigenvalue weighted by atomic mass is 16.5. The molecule has 0 spiro atoms. The lowest BCUT2D eigenvalue weighted by Crippen LogP contribution is -2.49. The minimum Gasteiger partial charge on any atom is -0.497 e. The first-order valence-corrected chi connectivity index (χ1v) is 7.39. The van der Waals surface area contributed by atoms with Gasteiger partial charge in [0.1, 0.15) is 5.75 Å². The van der Waals surface area contributed by atoms with Crippen LogP contribution in [0.5, 0.6) is 5.75 Å². The summed E-state index contributed by atoms with van der Waals surface area (Å²) in [6.07, 6.45) is 4.03. The third-order valence-electron chi connectivity index (χ3n) is 4.13. The van der Waals surface area contributed by atoms with Crippen molar-refractivity contribution in [2.75, 3.05) is 25.1 Å². The van der Waals surface area contributed by atoms with Crippen molar-refractivity contribution >= 4 is 5.69 Å². The second-order valence-electron chi connectivity index (χ2n) is 6.09. The summed E-state index contributed by atoms with van der Waals surface area (Å²) in [4.78, 5) is 2.50. The summed E-state index contributed by atoms with van der Waals surface area (Å²) < 4.78 is 5.33. The molecule has 3 rings (SSSR count). The van der Waals surface area contributed by atoms with E-state index in [2.05, 4.69) is 35.3 Å². The molecule has 0 radical (unpaired) electrons. The van der Waals surface area contributed by atoms with Crippen LogP contribution in [-0.4, -0.2) is 32.3 Å². The maximum atomic E-state index is 5.33. The average molecular weight is 260 g/mol. The molecule has 1 aromatic rings. The number of hydrogen-bond donors (Lipinski definition) is 1. The van der Waals surface area contributed by atoms with Crippen molar-refractivity contribution in [3.05, 3.63) is 24.3 Å². The summed E-state index contributed by atoms with van der Waals surface area (Å²) in [5, 5.41) is 3.78. The Balaban J connectivity index is 1.70. The Hall–Kier alpha value is -1.22. The molecule has 1 aliphatic carbocycles. The summed E-state index contributed by atoms with van der Waals surface area (Å²) in [5.74, 6) is 1.69. The van der Waals surface area contributed by atoms with Gasteiger partial charge >= 0.3 is 0 Å². The number of nitrogens with one attached hydrogen (secondary N) is 1. The molecule has 2 unspecified atom stereocenters. The number of hydrogen-bond acceptors (Lipinski definition) is 3. The highest BCUT2D eigenvalue weighted by Gasteiger charge is 2.30. The van der Waals surface area contributed by atoms with Gasteiger partial charge in [0.05, 0.1) is 7.11 Å². The fraction of sp³-hybridized carbons (Fsp3) is 0.625. The Labute approximate surface area is 115 Å². The van der Waals surface area contributed by atoms with Gasteiger partial charge in [-0.3, -0.25) is 0 Å². The van der Waals surface area contributed by atoms with E-state index in [1.807, 2.05) is 6.07 Å². The Kier molecular flexibility index (Phi) is 3.65. The van der Waals surface area contributed by atoms with Crippen LogP contribution in [0.4, 0.5) is 5.69 Å². The zero-order valence-electron chi connectivity index (χ0n) is 11.9. The number of nitrogens with zero attached hydrogens (tertiary/aromatic N) is 1. The minimum atomic E-state index is 0.641. The van der Waals surface area contributed by atoms with Crippen molar-refractivity contribution in [1.82, 2.24) is 5.32 Å². The van der Waals surface area contributed by atoms with Gasteiger partial charge in [0.15, 0.2) is 0 Å². The van der Waals surface area contributed by atoms with Crippen LogP contribution in [-0.2, 0) is 0 Å². The molecule has 2 fully saturated rings. The molecule has 1 N–H and O–H groups in total. The fourth-order valence-corrected chi connectivity index (χ4v) is 3.07. The van der Waals surface area contributed by atoms with E-state index in [-0.39, 0.29) is 0 Å². The molecular weight excluding hydrogens is 236 g/mol. The number of piperidine rings is 1. The van der Waals surface area contributed by atoms with Crippen molar-refractivity contribution in [3.63, 3.8) is 0 Å². The highest BCUT2D eigenvalue weighted by molar-refractivity contribution is 5.51. The van der Waals surface area contributed by atoms with Crippen molar-refractivity contribution in [1.29, 1.82) is 0 Å². The summed E-state index contributed by atoms with van der Waals surface area (Å²) in [6, 6.07) is 9.86. The van der Waals surface area contributed by atoms with Gasteiger partial charge < -0.3 is 15.0 Å². The van der Waals surface area contributed by atoms with Gasteiger partial charge in [-0.1, -0.05) is 13.0 Å². The normalized spacial score (nSPS) is 27.4. The molecule has 1 saturated carbocycles. The molecule has 1 aromatic carbocycles. The summed E-state index contributed by atoms with van der Waals surface area (Å²) in [7, 11) is 1.73. The van der Waals surface area contributed by atoms with E-state index in [0.29, 0.717) is 6.04 Å². The van der Waals surface area contributed by atoms with E-state index in [1.54, 1.807) is 7.11 Å². The summed E-state index contributed by atoms with van der Waals surface area (Å²) in [5.41, 5.74) is 1.29. The lowest BCUT2D eigenvalue weighted by molar-refractivity contribution is 0.348. The Morgan fingerprint density at radius 3 is 2.79 bits per heavy atom. The fourth-order valence-electron chi connectivity index (χ4n) is 3.07. The number of anilines is 1. The van der Waals surface area contributed by atoms with E-state index >= 15 is 0 Å². The molecular formula is C16H24N2O. The number of rotatable bonds is 4. The van der Waals surface area contributed by atoms with Crippen LogP contribution in [0.25, 0.3) is 0 Å². The van der Waals surface area contributed by atoms with Crippen LogP contribution in [0, 0.1) is 5.92 Å². The molecule has 3 heteroatoms. The van der Waals surface area contributed by atoms with E-state index < -0.39 is 0 Å². The van der Waals surface area contributed by atoms with E-state index in [9.17, 15) is 0 Å². The first kappa shape index (κ1) is 12.8. The maximum absolute atomic E-state index is 5.33. The van der Waals surface area contributed by atoms with E-state index in [4.69, 9.17) is 4.74 Å². The molecule has 104 valence electrons. The van der Waals surface area contributed by atoms with Crippen LogP contribution in [0.15, 0.2) is 24.3 Å². The van der Waals surface area contributed by atoms with Crippen molar-refractivity contribution in [3.8, 4) is 5.75 Å². The lowest BCUT2D eigenvalue weighted by atomic mass is 9.95. The monoisotopic (exact) mass is 260 g/mol. The first-order valence-electron chi connectivity index (χ1n) is 7.39. The number of benzene rings is 1. The largest absolute Gasteiger partial charge is 0.497 e. The molecule has 1 heterocycles. The van der Waals surface area contributed by atoms with Gasteiger partial charge in [0.25, 0.3) is 0 Å². The molecule has 1 aliphatic heterocycles. The Bertz CT molecular complexity index is 429. The minimum absolute atomic E-state index is 0.641. The third-order valence-corrected chi connectivity index (χ3v) is 4.13. The maximum Gasteiger partial charge on any atom is 0.120 e. The van der Waals surface area contributed by atoms with Gasteiger partial charge in [-0.2, -0.15) is 0 Å². The second kappa shape index (κ2) is 5.41. The highest BCUT2D eigenvalue weighted by Crippen LogP contribution is 2.28. The zero-order chi connectivity index (χ0) is 13.2. The summed E-state index contributed by atoms with van der Waals surface area (Å²) in [6.45, 7) is 4.62. The summed E-state index contributed by atoms with van der Waals surface area (Å²) >= 11 is 0. The number of methoxy groups -OCH3 is 1. The molecule has 2 aliphatic rings. The second-order valence-corrected chi connectivity index (χ2v) is 6.09. The predicted molar refractivity (Wildman–Crippen MR) is 78.9 cm³/mol. The Morgan fingerprint density at radius 2 is 2.05 bits per heavy atom. The standard InChI is InChI=1S/C16H24N2O/c1-12-8-14(17-13-6-7-13)11-18(10-12)15-4-3-5-16(9-15)19-2/h3-5,9,12-14,17H,6-8,10-11H2,1-2H3. The first-order chi connectivity index (χ1) is 9.24. The van der Waals surface area contributed by atoms with Gasteiger partial charge in [-0.25, -0.2) is 0 Å². The van der Waals surface area contributed by atoms with E-state index in [0.717, 1.165) is 30.8 Å². The molecule has 0 amide bonds. The van der Waals surface area contributed by atoms with Gasteiger partial charge in [0.2, 0.25) is 0 Å². The van der Waals surface area contributed by atoms with Crippen LogP contribution in [0.3, 0.4) is 0 Å². The van der Waals surface area contributed by atoms with Crippen molar-refractivity contribution in [2.45, 2.75) is 38.3 Å². The SMILES string of the molecule is COc1cccc(N2CC(C)CC(NC3CC3)C2)c1. The van der Waals surface area contributed by atoms with Crippen molar-refractivity contribution in [2.24, 2.45) is 5.92 Å². The molecule has 1 saturated heterocycles. The van der Waals surface area contributed by atoms with Crippen LogP contribution >= 0.6 is 0 Å². The van der Waals surface area contributed by atoms with Crippen LogP contribution < -0.4 is 15.0 Å². The van der Waals surface area contributed by atoms with Gasteiger partial charge in [-0.05, 0) is 37.3 Å². The molecule has 0 aromatic heterocycles. The smallest absolute Gasteiger partial charge is 0.120 e. The molecule has 0 bridgehead atoms. The molecule has 19 heavy (non-hydrogen) atoms. The zero-order valence-corrected chi connectivity index (χ0v) is 11.9. The topological polar surface area (TPSA) is 24.5 Å².